The number of hydrogen-bond acceptors (Lipinski definition) is 4. The van der Waals surface area contributed by atoms with E-state index in [0.717, 1.165) is 18.0 Å². The summed E-state index contributed by atoms with van der Waals surface area (Å²) in [6.45, 7) is 0. The van der Waals surface area contributed by atoms with Crippen LogP contribution in [0.25, 0.3) is 0 Å². The summed E-state index contributed by atoms with van der Waals surface area (Å²) in [4.78, 5) is 5.77. The molecule has 0 fully saturated rings. The summed E-state index contributed by atoms with van der Waals surface area (Å²) in [6.07, 6.45) is -0.612. The van der Waals surface area contributed by atoms with Gasteiger partial charge in [-0.1, -0.05) is 0 Å². The molecule has 0 bridgehead atoms. The lowest BCUT2D eigenvalue weighted by Gasteiger charge is -2.04. The minimum Gasteiger partial charge on any atom is -0.382 e. The molecule has 0 saturated heterocycles. The first kappa shape index (κ1) is 12.2. The van der Waals surface area contributed by atoms with Gasteiger partial charge >= 0.3 is 0 Å². The summed E-state index contributed by atoms with van der Waals surface area (Å²) < 4.78 is 2.65. The van der Waals surface area contributed by atoms with E-state index in [-0.39, 0.29) is 0 Å². The van der Waals surface area contributed by atoms with Gasteiger partial charge in [0.05, 0.1) is 14.2 Å². The average Bonchev–Trinajstić information content (AvgIpc) is 2.74. The van der Waals surface area contributed by atoms with E-state index in [2.05, 4.69) is 52.8 Å². The molecule has 1 unspecified atom stereocenters. The van der Waals surface area contributed by atoms with Gasteiger partial charge in [-0.25, -0.2) is 4.98 Å². The Kier molecular flexibility index (Phi) is 4.01. The Bertz CT molecular complexity index is 462. The van der Waals surface area contributed by atoms with Crippen molar-refractivity contribution in [3.05, 3.63) is 34.2 Å². The Hall–Kier alpha value is 0.730. The molecular formula is C8H4Br3NOS2. The highest BCUT2D eigenvalue weighted by atomic mass is 79.9. The second-order valence-corrected chi connectivity index (χ2v) is 7.57. The van der Waals surface area contributed by atoms with E-state index in [1.165, 1.54) is 22.7 Å². The Morgan fingerprint density at radius 2 is 2.07 bits per heavy atom. The van der Waals surface area contributed by atoms with Crippen molar-refractivity contribution in [2.45, 2.75) is 6.10 Å². The van der Waals surface area contributed by atoms with Crippen LogP contribution < -0.4 is 0 Å². The molecule has 2 aromatic rings. The molecule has 1 atom stereocenters. The first-order valence-electron chi connectivity index (χ1n) is 3.81. The number of hydrogen-bond donors (Lipinski definition) is 1. The highest BCUT2D eigenvalue weighted by Gasteiger charge is 2.19. The zero-order chi connectivity index (χ0) is 11.0. The van der Waals surface area contributed by atoms with E-state index in [1.54, 1.807) is 5.51 Å². The largest absolute Gasteiger partial charge is 0.382 e. The molecule has 2 nitrogen and oxygen atoms in total. The van der Waals surface area contributed by atoms with E-state index in [9.17, 15) is 5.11 Å². The molecule has 0 aliphatic heterocycles. The van der Waals surface area contributed by atoms with Crippen molar-refractivity contribution >= 4 is 70.5 Å². The molecule has 0 aliphatic rings. The van der Waals surface area contributed by atoms with Gasteiger partial charge in [0.2, 0.25) is 0 Å². The second kappa shape index (κ2) is 4.93. The maximum absolute atomic E-state index is 10.1. The van der Waals surface area contributed by atoms with Gasteiger partial charge < -0.3 is 5.11 Å². The normalized spacial score (nSPS) is 13.1. The third-order valence-electron chi connectivity index (χ3n) is 1.73. The molecule has 1 N–H and O–H groups in total. The van der Waals surface area contributed by atoms with E-state index in [4.69, 9.17) is 0 Å². The summed E-state index contributed by atoms with van der Waals surface area (Å²) in [5.74, 6) is 0. The molecule has 2 rings (SSSR count). The summed E-state index contributed by atoms with van der Waals surface area (Å²) in [6, 6.07) is 1.91. The van der Waals surface area contributed by atoms with Crippen LogP contribution in [0.15, 0.2) is 24.4 Å². The smallest absolute Gasteiger partial charge is 0.125 e. The van der Waals surface area contributed by atoms with Crippen molar-refractivity contribution in [2.24, 2.45) is 0 Å². The minimum atomic E-state index is -0.612. The van der Waals surface area contributed by atoms with Gasteiger partial charge in [0, 0.05) is 9.35 Å². The van der Waals surface area contributed by atoms with Crippen LogP contribution in [0.3, 0.4) is 0 Å². The first-order valence-corrected chi connectivity index (χ1v) is 7.88. The number of nitrogens with zero attached hydrogens (tertiary/aromatic N) is 1. The number of thiophene rings is 1. The van der Waals surface area contributed by atoms with Crippen molar-refractivity contribution < 1.29 is 5.11 Å². The van der Waals surface area contributed by atoms with Crippen LogP contribution in [-0.4, -0.2) is 10.1 Å². The monoisotopic (exact) mass is 431 g/mol. The molecule has 2 heterocycles. The fourth-order valence-electron chi connectivity index (χ4n) is 1.05. The van der Waals surface area contributed by atoms with Crippen molar-refractivity contribution in [1.82, 2.24) is 4.98 Å². The lowest BCUT2D eigenvalue weighted by Crippen LogP contribution is -1.94. The Morgan fingerprint density at radius 3 is 2.53 bits per heavy atom. The number of halogens is 3. The van der Waals surface area contributed by atoms with Crippen molar-refractivity contribution in [3.8, 4) is 0 Å². The van der Waals surface area contributed by atoms with Crippen LogP contribution in [-0.2, 0) is 0 Å². The highest BCUT2D eigenvalue weighted by molar-refractivity contribution is 9.13. The van der Waals surface area contributed by atoms with Gasteiger partial charge in [-0.3, -0.25) is 0 Å². The van der Waals surface area contributed by atoms with E-state index in [1.807, 2.05) is 6.07 Å². The van der Waals surface area contributed by atoms with Gasteiger partial charge in [-0.2, -0.15) is 0 Å². The zero-order valence-electron chi connectivity index (χ0n) is 7.08. The quantitative estimate of drug-likeness (QED) is 0.752. The van der Waals surface area contributed by atoms with E-state index >= 15 is 0 Å². The van der Waals surface area contributed by atoms with E-state index in [0.29, 0.717) is 4.60 Å². The number of rotatable bonds is 2. The summed E-state index contributed by atoms with van der Waals surface area (Å²) >= 11 is 13.1. The van der Waals surface area contributed by atoms with Crippen LogP contribution in [0.5, 0.6) is 0 Å². The van der Waals surface area contributed by atoms with Crippen LogP contribution in [0, 0.1) is 0 Å². The highest BCUT2D eigenvalue weighted by Crippen LogP contribution is 2.39. The molecule has 0 radical (unpaired) electrons. The third kappa shape index (κ3) is 2.53. The van der Waals surface area contributed by atoms with Crippen LogP contribution >= 0.6 is 70.5 Å². The van der Waals surface area contributed by atoms with Crippen LogP contribution in [0.4, 0.5) is 0 Å². The number of aliphatic hydroxyl groups is 1. The molecule has 0 saturated carbocycles. The van der Waals surface area contributed by atoms with Crippen molar-refractivity contribution in [1.29, 1.82) is 0 Å². The van der Waals surface area contributed by atoms with Gasteiger partial charge in [0.1, 0.15) is 10.7 Å². The predicted molar refractivity (Wildman–Crippen MR) is 73.6 cm³/mol. The Balaban J connectivity index is 2.36. The van der Waals surface area contributed by atoms with Gasteiger partial charge in [0.25, 0.3) is 0 Å². The fraction of sp³-hybridized carbons (Fsp3) is 0.125. The van der Waals surface area contributed by atoms with Gasteiger partial charge in [-0.05, 0) is 53.9 Å². The third-order valence-corrected chi connectivity index (χ3v) is 6.82. The first-order chi connectivity index (χ1) is 7.09. The average molecular weight is 434 g/mol. The molecule has 0 aromatic carbocycles. The number of thiazole rings is 1. The fourth-order valence-corrected chi connectivity index (χ4v) is 4.62. The molecule has 0 spiro atoms. The van der Waals surface area contributed by atoms with Gasteiger partial charge in [-0.15, -0.1) is 22.7 Å². The SMILES string of the molecule is OC(c1cc(Br)c(Br)s1)c1scnc1Br. The van der Waals surface area contributed by atoms with Crippen LogP contribution in [0.1, 0.15) is 15.9 Å². The van der Waals surface area contributed by atoms with Gasteiger partial charge in [0.15, 0.2) is 0 Å². The second-order valence-electron chi connectivity index (χ2n) is 2.68. The maximum Gasteiger partial charge on any atom is 0.125 e. The number of aliphatic hydroxyl groups excluding tert-OH is 1. The number of aromatic nitrogens is 1. The molecule has 0 aliphatic carbocycles. The lowest BCUT2D eigenvalue weighted by molar-refractivity contribution is 0.227. The zero-order valence-corrected chi connectivity index (χ0v) is 13.5. The minimum absolute atomic E-state index is 0.612. The molecule has 0 amide bonds. The van der Waals surface area contributed by atoms with Crippen LogP contribution in [0.2, 0.25) is 0 Å². The van der Waals surface area contributed by atoms with Crippen molar-refractivity contribution in [2.75, 3.05) is 0 Å². The summed E-state index contributed by atoms with van der Waals surface area (Å²) in [5, 5.41) is 10.1. The maximum atomic E-state index is 10.1. The molecule has 7 heteroatoms. The molecule has 80 valence electrons. The molecule has 15 heavy (non-hydrogen) atoms. The predicted octanol–water partition coefficient (Wildman–Crippen LogP) is 4.57. The Morgan fingerprint density at radius 1 is 1.33 bits per heavy atom. The van der Waals surface area contributed by atoms with Crippen molar-refractivity contribution in [3.63, 3.8) is 0 Å². The Labute approximate surface area is 120 Å². The molecule has 2 aromatic heterocycles. The summed E-state index contributed by atoms with van der Waals surface area (Å²) in [5.41, 5.74) is 1.71. The van der Waals surface area contributed by atoms with E-state index < -0.39 is 6.10 Å². The lowest BCUT2D eigenvalue weighted by atomic mass is 10.3. The summed E-state index contributed by atoms with van der Waals surface area (Å²) in [7, 11) is 0. The molecular weight excluding hydrogens is 430 g/mol. The topological polar surface area (TPSA) is 33.1 Å². The standard InChI is InChI=1S/C8H4Br3NOS2/c9-3-1-4(15-8(3)11)5(13)6-7(10)12-2-14-6/h1-2,5,13H.